The van der Waals surface area contributed by atoms with Crippen LogP contribution in [0.3, 0.4) is 0 Å². The van der Waals surface area contributed by atoms with Crippen LogP contribution < -0.4 is 0 Å². The number of carbonyl (C=O) groups is 1. The molecule has 0 unspecified atom stereocenters. The molecule has 0 aromatic heterocycles. The largest absolute Gasteiger partial charge is 0.458 e. The van der Waals surface area contributed by atoms with E-state index in [0.29, 0.717) is 17.7 Å². The van der Waals surface area contributed by atoms with Crippen molar-refractivity contribution in [2.45, 2.75) is 24.5 Å². The molecule has 32 heavy (non-hydrogen) atoms. The molecule has 1 aliphatic heterocycles. The highest BCUT2D eigenvalue weighted by molar-refractivity contribution is 5.85. The first-order valence-electron chi connectivity index (χ1n) is 11.1. The summed E-state index contributed by atoms with van der Waals surface area (Å²) in [4.78, 5) is 15.6. The second kappa shape index (κ2) is 10.4. The quantitative estimate of drug-likeness (QED) is 0.558. The van der Waals surface area contributed by atoms with E-state index in [2.05, 4.69) is 29.2 Å². The van der Waals surface area contributed by atoms with Gasteiger partial charge in [0.25, 0.3) is 0 Å². The van der Waals surface area contributed by atoms with Crippen molar-refractivity contribution in [1.82, 2.24) is 4.90 Å². The summed E-state index contributed by atoms with van der Waals surface area (Å²) in [5, 5.41) is 11.6. The Hall–Kier alpha value is -3.21. The molecule has 3 aromatic carbocycles. The van der Waals surface area contributed by atoms with Gasteiger partial charge in [-0.25, -0.2) is 4.79 Å². The Balaban J connectivity index is 1.44. The molecule has 1 saturated heterocycles. The molecule has 1 fully saturated rings. The van der Waals surface area contributed by atoms with E-state index in [-0.39, 0.29) is 6.10 Å². The van der Waals surface area contributed by atoms with Crippen molar-refractivity contribution in [2.75, 3.05) is 19.6 Å². The molecule has 0 amide bonds. The number of carbonyl (C=O) groups excluding carboxylic acids is 1. The Kier molecular flexibility index (Phi) is 7.15. The Morgan fingerprint density at radius 3 is 2.09 bits per heavy atom. The molecule has 1 heterocycles. The van der Waals surface area contributed by atoms with Crippen LogP contribution in [0.25, 0.3) is 6.08 Å². The lowest BCUT2D eigenvalue weighted by molar-refractivity contribution is -0.170. The fourth-order valence-corrected chi connectivity index (χ4v) is 4.17. The van der Waals surface area contributed by atoms with Crippen molar-refractivity contribution >= 4 is 12.0 Å². The maximum absolute atomic E-state index is 13.3. The molecule has 1 atom stereocenters. The van der Waals surface area contributed by atoms with Gasteiger partial charge in [0.1, 0.15) is 6.10 Å². The summed E-state index contributed by atoms with van der Waals surface area (Å²) in [6.45, 7) is 2.42. The molecule has 4 rings (SSSR count). The number of likely N-dealkylation sites (tertiary alicyclic amines) is 1. The van der Waals surface area contributed by atoms with Gasteiger partial charge in [-0.05, 0) is 36.1 Å². The summed E-state index contributed by atoms with van der Waals surface area (Å²) in [5.41, 5.74) is 0.352. The third kappa shape index (κ3) is 5.16. The van der Waals surface area contributed by atoms with E-state index in [4.69, 9.17) is 4.74 Å². The minimum absolute atomic E-state index is 0.250. The zero-order valence-electron chi connectivity index (χ0n) is 18.1. The van der Waals surface area contributed by atoms with E-state index in [1.807, 2.05) is 54.6 Å². The monoisotopic (exact) mass is 427 g/mol. The Morgan fingerprint density at radius 1 is 0.938 bits per heavy atom. The number of aliphatic hydroxyl groups is 1. The van der Waals surface area contributed by atoms with Gasteiger partial charge in [0.2, 0.25) is 5.60 Å². The second-order valence-electron chi connectivity index (χ2n) is 8.18. The van der Waals surface area contributed by atoms with Crippen molar-refractivity contribution in [3.8, 4) is 0 Å². The molecule has 1 aliphatic rings. The van der Waals surface area contributed by atoms with E-state index in [1.54, 1.807) is 24.3 Å². The molecular weight excluding hydrogens is 398 g/mol. The van der Waals surface area contributed by atoms with Crippen LogP contribution in [-0.2, 0) is 15.1 Å². The number of esters is 1. The summed E-state index contributed by atoms with van der Waals surface area (Å²) in [5.74, 6) is -0.624. The Bertz CT molecular complexity index is 979. The predicted octanol–water partition coefficient (Wildman–Crippen LogP) is 4.64. The van der Waals surface area contributed by atoms with Gasteiger partial charge in [0.15, 0.2) is 0 Å². The van der Waals surface area contributed by atoms with Crippen LogP contribution in [0, 0.1) is 0 Å². The smallest absolute Gasteiger partial charge is 0.348 e. The summed E-state index contributed by atoms with van der Waals surface area (Å²) in [7, 11) is 0. The van der Waals surface area contributed by atoms with Crippen LogP contribution in [0.4, 0.5) is 0 Å². The zero-order valence-corrected chi connectivity index (χ0v) is 18.1. The predicted molar refractivity (Wildman–Crippen MR) is 127 cm³/mol. The van der Waals surface area contributed by atoms with Gasteiger partial charge < -0.3 is 9.84 Å². The Morgan fingerprint density at radius 2 is 1.50 bits per heavy atom. The fraction of sp³-hybridized carbons (Fsp3) is 0.250. The van der Waals surface area contributed by atoms with E-state index in [0.717, 1.165) is 25.9 Å². The minimum atomic E-state index is -1.84. The standard InChI is InChI=1S/C28H29NO3/c30-27(28(31,24-15-6-2-7-16-24)25-17-8-3-9-18-25)32-26-19-11-21-29(22-26)20-10-14-23-12-4-1-5-13-23/h1-10,12-18,26,31H,11,19-22H2/b14-10+/t26-/m0/s1. The zero-order chi connectivity index (χ0) is 22.2. The Labute approximate surface area is 189 Å². The van der Waals surface area contributed by atoms with Gasteiger partial charge in [-0.3, -0.25) is 4.90 Å². The first-order valence-corrected chi connectivity index (χ1v) is 11.1. The van der Waals surface area contributed by atoms with Crippen LogP contribution in [0.15, 0.2) is 97.1 Å². The first kappa shape index (κ1) is 22.0. The van der Waals surface area contributed by atoms with Crippen LogP contribution in [0.5, 0.6) is 0 Å². The van der Waals surface area contributed by atoms with E-state index in [1.165, 1.54) is 5.56 Å². The van der Waals surface area contributed by atoms with E-state index < -0.39 is 11.6 Å². The summed E-state index contributed by atoms with van der Waals surface area (Å²) in [6, 6.07) is 28.2. The molecule has 0 spiro atoms. The van der Waals surface area contributed by atoms with Crippen LogP contribution in [-0.4, -0.2) is 41.7 Å². The number of nitrogens with zero attached hydrogens (tertiary/aromatic N) is 1. The third-order valence-electron chi connectivity index (χ3n) is 5.89. The number of benzene rings is 3. The topological polar surface area (TPSA) is 49.8 Å². The fourth-order valence-electron chi connectivity index (χ4n) is 4.17. The highest BCUT2D eigenvalue weighted by Crippen LogP contribution is 2.32. The number of piperidine rings is 1. The average Bonchev–Trinajstić information content (AvgIpc) is 2.85. The molecule has 4 nitrogen and oxygen atoms in total. The maximum atomic E-state index is 13.3. The van der Waals surface area contributed by atoms with Gasteiger partial charge >= 0.3 is 5.97 Å². The molecule has 0 radical (unpaired) electrons. The average molecular weight is 428 g/mol. The molecule has 0 aliphatic carbocycles. The van der Waals surface area contributed by atoms with Crippen molar-refractivity contribution < 1.29 is 14.6 Å². The second-order valence-corrected chi connectivity index (χ2v) is 8.18. The molecule has 0 bridgehead atoms. The third-order valence-corrected chi connectivity index (χ3v) is 5.89. The molecule has 1 N–H and O–H groups in total. The van der Waals surface area contributed by atoms with Crippen LogP contribution in [0.2, 0.25) is 0 Å². The van der Waals surface area contributed by atoms with Gasteiger partial charge in [-0.1, -0.05) is 103 Å². The lowest BCUT2D eigenvalue weighted by atomic mass is 9.86. The lowest BCUT2D eigenvalue weighted by Crippen LogP contribution is -2.45. The highest BCUT2D eigenvalue weighted by Gasteiger charge is 2.43. The van der Waals surface area contributed by atoms with Crippen LogP contribution >= 0.6 is 0 Å². The summed E-state index contributed by atoms with van der Waals surface area (Å²) >= 11 is 0. The lowest BCUT2D eigenvalue weighted by Gasteiger charge is -2.34. The van der Waals surface area contributed by atoms with Gasteiger partial charge in [0, 0.05) is 13.1 Å². The van der Waals surface area contributed by atoms with Gasteiger partial charge in [-0.2, -0.15) is 0 Å². The molecule has 3 aromatic rings. The van der Waals surface area contributed by atoms with Crippen LogP contribution in [0.1, 0.15) is 29.5 Å². The van der Waals surface area contributed by atoms with Crippen molar-refractivity contribution in [1.29, 1.82) is 0 Å². The van der Waals surface area contributed by atoms with Crippen molar-refractivity contribution in [3.63, 3.8) is 0 Å². The van der Waals surface area contributed by atoms with Gasteiger partial charge in [-0.15, -0.1) is 0 Å². The van der Waals surface area contributed by atoms with Crippen molar-refractivity contribution in [2.24, 2.45) is 0 Å². The SMILES string of the molecule is O=C(O[C@H]1CCCN(C/C=C/c2ccccc2)C1)C(O)(c1ccccc1)c1ccccc1. The van der Waals surface area contributed by atoms with Crippen molar-refractivity contribution in [3.05, 3.63) is 114 Å². The summed E-state index contributed by atoms with van der Waals surface area (Å²) < 4.78 is 5.91. The summed E-state index contributed by atoms with van der Waals surface area (Å²) in [6.07, 6.45) is 5.75. The normalized spacial score (nSPS) is 17.3. The van der Waals surface area contributed by atoms with E-state index >= 15 is 0 Å². The maximum Gasteiger partial charge on any atom is 0.348 e. The number of hydrogen-bond donors (Lipinski definition) is 1. The number of rotatable bonds is 7. The highest BCUT2D eigenvalue weighted by atomic mass is 16.6. The molecule has 164 valence electrons. The van der Waals surface area contributed by atoms with E-state index in [9.17, 15) is 9.90 Å². The minimum Gasteiger partial charge on any atom is -0.458 e. The number of ether oxygens (including phenoxy) is 1. The molecule has 0 saturated carbocycles. The number of hydrogen-bond acceptors (Lipinski definition) is 4. The molecular formula is C28H29NO3. The first-order chi connectivity index (χ1) is 15.7. The molecule has 4 heteroatoms. The van der Waals surface area contributed by atoms with Gasteiger partial charge in [0.05, 0.1) is 0 Å².